The molecule has 1 aliphatic carbocycles. The van der Waals surface area contributed by atoms with Gasteiger partial charge in [0.15, 0.2) is 0 Å². The van der Waals surface area contributed by atoms with Crippen LogP contribution in [0.15, 0.2) is 22.7 Å². The molecule has 1 aliphatic heterocycles. The molecular formula is C16H21BrN2O. The molecular weight excluding hydrogens is 316 g/mol. The third kappa shape index (κ3) is 2.58. The Kier molecular flexibility index (Phi) is 4.01. The summed E-state index contributed by atoms with van der Waals surface area (Å²) in [7, 11) is 1.87. The smallest absolute Gasteiger partial charge is 0.246 e. The van der Waals surface area contributed by atoms with E-state index in [1.807, 2.05) is 19.2 Å². The van der Waals surface area contributed by atoms with Crippen molar-refractivity contribution in [3.8, 4) is 0 Å². The lowest BCUT2D eigenvalue weighted by Crippen LogP contribution is -2.48. The zero-order chi connectivity index (χ0) is 14.1. The van der Waals surface area contributed by atoms with Gasteiger partial charge >= 0.3 is 0 Å². The largest absolute Gasteiger partial charge is 0.358 e. The normalized spacial score (nSPS) is 20.8. The van der Waals surface area contributed by atoms with Crippen LogP contribution in [0.3, 0.4) is 0 Å². The number of hydrogen-bond donors (Lipinski definition) is 0. The zero-order valence-corrected chi connectivity index (χ0v) is 13.5. The molecule has 3 rings (SSSR count). The number of rotatable bonds is 1. The van der Waals surface area contributed by atoms with Crippen molar-refractivity contribution < 1.29 is 4.79 Å². The van der Waals surface area contributed by atoms with Crippen molar-refractivity contribution in [2.75, 3.05) is 23.4 Å². The molecule has 1 amide bonds. The topological polar surface area (TPSA) is 23.6 Å². The SMILES string of the molecule is CN1C(=O)CN(C2CCCCCC2)c2cc(Br)ccc21. The highest BCUT2D eigenvalue weighted by Gasteiger charge is 2.31. The van der Waals surface area contributed by atoms with Crippen molar-refractivity contribution in [2.45, 2.75) is 44.6 Å². The number of hydrogen-bond acceptors (Lipinski definition) is 2. The summed E-state index contributed by atoms with van der Waals surface area (Å²) in [6.07, 6.45) is 7.67. The Morgan fingerprint density at radius 1 is 1.10 bits per heavy atom. The molecule has 0 saturated heterocycles. The van der Waals surface area contributed by atoms with Crippen LogP contribution in [0.1, 0.15) is 38.5 Å². The van der Waals surface area contributed by atoms with E-state index < -0.39 is 0 Å². The van der Waals surface area contributed by atoms with E-state index in [1.165, 1.54) is 44.2 Å². The Bertz CT molecular complexity index is 509. The quantitative estimate of drug-likeness (QED) is 0.725. The second-order valence-corrected chi connectivity index (χ2v) is 6.77. The standard InChI is InChI=1S/C16H21BrN2O/c1-18-14-9-8-12(17)10-15(14)19(11-16(18)20)13-6-4-2-3-5-7-13/h8-10,13H,2-7,11H2,1H3. The third-order valence-corrected chi connectivity index (χ3v) is 5.05. The van der Waals surface area contributed by atoms with Gasteiger partial charge in [-0.25, -0.2) is 0 Å². The molecule has 4 heteroatoms. The van der Waals surface area contributed by atoms with Gasteiger partial charge in [0, 0.05) is 17.6 Å². The molecule has 3 nitrogen and oxygen atoms in total. The summed E-state index contributed by atoms with van der Waals surface area (Å²) >= 11 is 3.56. The molecule has 20 heavy (non-hydrogen) atoms. The van der Waals surface area contributed by atoms with Crippen LogP contribution in [0.2, 0.25) is 0 Å². The lowest BCUT2D eigenvalue weighted by molar-refractivity contribution is -0.117. The van der Waals surface area contributed by atoms with Gasteiger partial charge in [0.05, 0.1) is 17.9 Å². The Hall–Kier alpha value is -1.03. The lowest BCUT2D eigenvalue weighted by atomic mass is 10.0. The summed E-state index contributed by atoms with van der Waals surface area (Å²) in [4.78, 5) is 16.4. The van der Waals surface area contributed by atoms with E-state index >= 15 is 0 Å². The maximum absolute atomic E-state index is 12.3. The Labute approximate surface area is 129 Å². The van der Waals surface area contributed by atoms with E-state index in [0.29, 0.717) is 12.6 Å². The van der Waals surface area contributed by atoms with Crippen LogP contribution in [0.25, 0.3) is 0 Å². The first-order chi connectivity index (χ1) is 9.66. The van der Waals surface area contributed by atoms with Crippen LogP contribution in [0.5, 0.6) is 0 Å². The Balaban J connectivity index is 1.97. The van der Waals surface area contributed by atoms with Gasteiger partial charge in [-0.15, -0.1) is 0 Å². The van der Waals surface area contributed by atoms with Gasteiger partial charge in [-0.05, 0) is 31.0 Å². The number of likely N-dealkylation sites (N-methyl/N-ethyl adjacent to an activating group) is 1. The van der Waals surface area contributed by atoms with Crippen molar-refractivity contribution in [3.63, 3.8) is 0 Å². The molecule has 0 unspecified atom stereocenters. The van der Waals surface area contributed by atoms with E-state index in [9.17, 15) is 4.79 Å². The van der Waals surface area contributed by atoms with Gasteiger partial charge in [0.2, 0.25) is 5.91 Å². The van der Waals surface area contributed by atoms with E-state index in [4.69, 9.17) is 0 Å². The Morgan fingerprint density at radius 3 is 2.50 bits per heavy atom. The number of carbonyl (C=O) groups excluding carboxylic acids is 1. The predicted octanol–water partition coefficient (Wildman–Crippen LogP) is 3.95. The van der Waals surface area contributed by atoms with Gasteiger partial charge in [-0.1, -0.05) is 41.6 Å². The van der Waals surface area contributed by atoms with Gasteiger partial charge < -0.3 is 9.80 Å². The van der Waals surface area contributed by atoms with Crippen molar-refractivity contribution in [3.05, 3.63) is 22.7 Å². The molecule has 0 N–H and O–H groups in total. The minimum absolute atomic E-state index is 0.198. The second-order valence-electron chi connectivity index (χ2n) is 5.86. The van der Waals surface area contributed by atoms with E-state index in [-0.39, 0.29) is 5.91 Å². The molecule has 0 radical (unpaired) electrons. The maximum atomic E-state index is 12.3. The fraction of sp³-hybridized carbons (Fsp3) is 0.562. The molecule has 1 aromatic carbocycles. The second kappa shape index (κ2) is 5.76. The molecule has 1 heterocycles. The molecule has 0 aromatic heterocycles. The number of fused-ring (bicyclic) bond motifs is 1. The van der Waals surface area contributed by atoms with Crippen LogP contribution in [0.4, 0.5) is 11.4 Å². The number of halogens is 1. The molecule has 108 valence electrons. The molecule has 0 atom stereocenters. The summed E-state index contributed by atoms with van der Waals surface area (Å²) < 4.78 is 1.08. The van der Waals surface area contributed by atoms with Gasteiger partial charge in [0.25, 0.3) is 0 Å². The third-order valence-electron chi connectivity index (χ3n) is 4.55. The number of carbonyl (C=O) groups is 1. The number of amides is 1. The number of anilines is 2. The van der Waals surface area contributed by atoms with Crippen molar-refractivity contribution in [2.24, 2.45) is 0 Å². The minimum Gasteiger partial charge on any atom is -0.358 e. The highest BCUT2D eigenvalue weighted by Crippen LogP contribution is 2.38. The summed E-state index contributed by atoms with van der Waals surface area (Å²) in [5.74, 6) is 0.198. The highest BCUT2D eigenvalue weighted by molar-refractivity contribution is 9.10. The van der Waals surface area contributed by atoms with Crippen LogP contribution >= 0.6 is 15.9 Å². The monoisotopic (exact) mass is 336 g/mol. The molecule has 0 bridgehead atoms. The first kappa shape index (κ1) is 13.9. The molecule has 1 aromatic rings. The average Bonchev–Trinajstić information content (AvgIpc) is 2.71. The molecule has 2 aliphatic rings. The summed E-state index contributed by atoms with van der Waals surface area (Å²) in [6.45, 7) is 0.518. The number of nitrogens with zero attached hydrogens (tertiary/aromatic N) is 2. The number of benzene rings is 1. The van der Waals surface area contributed by atoms with Crippen LogP contribution in [-0.4, -0.2) is 25.5 Å². The minimum atomic E-state index is 0.198. The highest BCUT2D eigenvalue weighted by atomic mass is 79.9. The van der Waals surface area contributed by atoms with Crippen LogP contribution in [0, 0.1) is 0 Å². The predicted molar refractivity (Wildman–Crippen MR) is 86.4 cm³/mol. The first-order valence-corrected chi connectivity index (χ1v) is 8.29. The van der Waals surface area contributed by atoms with E-state index in [2.05, 4.69) is 26.9 Å². The van der Waals surface area contributed by atoms with Crippen molar-refractivity contribution in [1.82, 2.24) is 0 Å². The summed E-state index contributed by atoms with van der Waals surface area (Å²) in [6, 6.07) is 6.73. The van der Waals surface area contributed by atoms with Crippen LogP contribution in [-0.2, 0) is 4.79 Å². The maximum Gasteiger partial charge on any atom is 0.246 e. The van der Waals surface area contributed by atoms with E-state index in [1.54, 1.807) is 4.90 Å². The fourth-order valence-electron chi connectivity index (χ4n) is 3.38. The summed E-state index contributed by atoms with van der Waals surface area (Å²) in [5, 5.41) is 0. The van der Waals surface area contributed by atoms with Crippen LogP contribution < -0.4 is 9.80 Å². The molecule has 0 spiro atoms. The Morgan fingerprint density at radius 2 is 1.80 bits per heavy atom. The molecule has 1 saturated carbocycles. The molecule has 1 fully saturated rings. The van der Waals surface area contributed by atoms with Gasteiger partial charge in [-0.3, -0.25) is 4.79 Å². The van der Waals surface area contributed by atoms with E-state index in [0.717, 1.165) is 10.2 Å². The summed E-state index contributed by atoms with van der Waals surface area (Å²) in [5.41, 5.74) is 2.24. The van der Waals surface area contributed by atoms with Crippen molar-refractivity contribution >= 4 is 33.2 Å². The first-order valence-electron chi connectivity index (χ1n) is 7.49. The fourth-order valence-corrected chi connectivity index (χ4v) is 3.73. The zero-order valence-electron chi connectivity index (χ0n) is 11.9. The average molecular weight is 337 g/mol. The van der Waals surface area contributed by atoms with Gasteiger partial charge in [0.1, 0.15) is 0 Å². The van der Waals surface area contributed by atoms with Gasteiger partial charge in [-0.2, -0.15) is 0 Å². The lowest BCUT2D eigenvalue weighted by Gasteiger charge is -2.40. The van der Waals surface area contributed by atoms with Crippen molar-refractivity contribution in [1.29, 1.82) is 0 Å².